The van der Waals surface area contributed by atoms with Gasteiger partial charge in [-0.3, -0.25) is 0 Å². The lowest BCUT2D eigenvalue weighted by molar-refractivity contribution is 0.219. The third-order valence-corrected chi connectivity index (χ3v) is 4.29. The number of hydrogen-bond acceptors (Lipinski definition) is 3. The Hall–Kier alpha value is -1.52. The van der Waals surface area contributed by atoms with Crippen molar-refractivity contribution >= 4 is 15.9 Å². The third kappa shape index (κ3) is 2.92. The Morgan fingerprint density at radius 1 is 1.29 bits per heavy atom. The molecule has 0 spiro atoms. The van der Waals surface area contributed by atoms with Gasteiger partial charge < -0.3 is 14.6 Å². The smallest absolute Gasteiger partial charge is 0.122 e. The van der Waals surface area contributed by atoms with Crippen molar-refractivity contribution in [2.24, 2.45) is 0 Å². The summed E-state index contributed by atoms with van der Waals surface area (Å²) in [6.45, 7) is 3.30. The number of halogens is 1. The predicted octanol–water partition coefficient (Wildman–Crippen LogP) is 3.86. The van der Waals surface area contributed by atoms with Crippen LogP contribution in [0.4, 0.5) is 0 Å². The van der Waals surface area contributed by atoms with E-state index in [0.717, 1.165) is 45.7 Å². The molecule has 2 aromatic carbocycles. The normalized spacial score (nSPS) is 14.4. The van der Waals surface area contributed by atoms with E-state index in [2.05, 4.69) is 15.9 Å². The van der Waals surface area contributed by atoms with Gasteiger partial charge in [0, 0.05) is 10.9 Å². The standard InChI is InChI=1S/C17H17BrO3/c1-2-20-13-4-5-14(15(18)10-13)17(19)12-3-6-16-11(9-12)7-8-21-16/h3-6,9-10,17,19H,2,7-8H2,1H3. The first-order valence-electron chi connectivity index (χ1n) is 7.05. The minimum absolute atomic E-state index is 0.624. The molecule has 1 heterocycles. The summed E-state index contributed by atoms with van der Waals surface area (Å²) in [4.78, 5) is 0. The fourth-order valence-corrected chi connectivity index (χ4v) is 3.12. The lowest BCUT2D eigenvalue weighted by Crippen LogP contribution is -2.02. The van der Waals surface area contributed by atoms with Crippen molar-refractivity contribution < 1.29 is 14.6 Å². The zero-order valence-corrected chi connectivity index (χ0v) is 13.4. The Balaban J connectivity index is 1.89. The number of rotatable bonds is 4. The first-order valence-corrected chi connectivity index (χ1v) is 7.84. The Morgan fingerprint density at radius 2 is 2.14 bits per heavy atom. The van der Waals surface area contributed by atoms with Crippen LogP contribution in [0.2, 0.25) is 0 Å². The van der Waals surface area contributed by atoms with E-state index in [9.17, 15) is 5.11 Å². The summed E-state index contributed by atoms with van der Waals surface area (Å²) in [5.74, 6) is 1.72. The quantitative estimate of drug-likeness (QED) is 0.911. The molecule has 1 aliphatic heterocycles. The molecule has 110 valence electrons. The molecule has 0 aliphatic carbocycles. The highest BCUT2D eigenvalue weighted by Gasteiger charge is 2.18. The second kappa shape index (κ2) is 6.08. The second-order valence-corrected chi connectivity index (χ2v) is 5.84. The van der Waals surface area contributed by atoms with E-state index < -0.39 is 6.10 Å². The Labute approximate surface area is 132 Å². The van der Waals surface area contributed by atoms with E-state index in [1.807, 2.05) is 43.3 Å². The summed E-state index contributed by atoms with van der Waals surface area (Å²) in [6.07, 6.45) is 0.237. The average Bonchev–Trinajstić information content (AvgIpc) is 2.94. The number of aliphatic hydroxyl groups excluding tert-OH is 1. The number of aliphatic hydroxyl groups is 1. The summed E-state index contributed by atoms with van der Waals surface area (Å²) in [7, 11) is 0. The monoisotopic (exact) mass is 348 g/mol. The molecule has 0 saturated carbocycles. The van der Waals surface area contributed by atoms with Gasteiger partial charge in [-0.25, -0.2) is 0 Å². The van der Waals surface area contributed by atoms with Crippen LogP contribution in [-0.4, -0.2) is 18.3 Å². The highest BCUT2D eigenvalue weighted by Crippen LogP contribution is 2.34. The number of hydrogen-bond donors (Lipinski definition) is 1. The molecule has 0 fully saturated rings. The van der Waals surface area contributed by atoms with Gasteiger partial charge in [0.15, 0.2) is 0 Å². The van der Waals surface area contributed by atoms with Crippen molar-refractivity contribution in [3.05, 3.63) is 57.6 Å². The van der Waals surface area contributed by atoms with Gasteiger partial charge in [-0.05, 0) is 47.9 Å². The van der Waals surface area contributed by atoms with Crippen LogP contribution in [0.3, 0.4) is 0 Å². The molecule has 2 aromatic rings. The van der Waals surface area contributed by atoms with Crippen LogP contribution in [0.25, 0.3) is 0 Å². The lowest BCUT2D eigenvalue weighted by Gasteiger charge is -2.15. The lowest BCUT2D eigenvalue weighted by atomic mass is 9.99. The van der Waals surface area contributed by atoms with Gasteiger partial charge in [-0.1, -0.05) is 28.1 Å². The van der Waals surface area contributed by atoms with Crippen molar-refractivity contribution in [3.63, 3.8) is 0 Å². The van der Waals surface area contributed by atoms with Crippen LogP contribution in [0, 0.1) is 0 Å². The summed E-state index contributed by atoms with van der Waals surface area (Å²) in [5, 5.41) is 10.6. The maximum atomic E-state index is 10.6. The van der Waals surface area contributed by atoms with E-state index in [1.54, 1.807) is 0 Å². The fraction of sp³-hybridized carbons (Fsp3) is 0.294. The maximum absolute atomic E-state index is 10.6. The predicted molar refractivity (Wildman–Crippen MR) is 85.0 cm³/mol. The molecule has 0 saturated heterocycles. The molecule has 1 atom stereocenters. The van der Waals surface area contributed by atoms with Crippen LogP contribution in [0.15, 0.2) is 40.9 Å². The molecule has 1 aliphatic rings. The first kappa shape index (κ1) is 14.4. The molecule has 0 aromatic heterocycles. The fourth-order valence-electron chi connectivity index (χ4n) is 2.54. The molecule has 21 heavy (non-hydrogen) atoms. The summed E-state index contributed by atoms with van der Waals surface area (Å²) < 4.78 is 11.8. The van der Waals surface area contributed by atoms with E-state index in [-0.39, 0.29) is 0 Å². The molecule has 1 unspecified atom stereocenters. The Morgan fingerprint density at radius 3 is 2.90 bits per heavy atom. The minimum atomic E-state index is -0.666. The van der Waals surface area contributed by atoms with Crippen LogP contribution in [0.1, 0.15) is 29.7 Å². The van der Waals surface area contributed by atoms with Crippen molar-refractivity contribution in [3.8, 4) is 11.5 Å². The van der Waals surface area contributed by atoms with Crippen molar-refractivity contribution in [1.82, 2.24) is 0 Å². The van der Waals surface area contributed by atoms with Gasteiger partial charge in [0.05, 0.1) is 13.2 Å². The zero-order chi connectivity index (χ0) is 14.8. The molecule has 4 heteroatoms. The van der Waals surface area contributed by atoms with E-state index >= 15 is 0 Å². The molecule has 0 bridgehead atoms. The van der Waals surface area contributed by atoms with Crippen molar-refractivity contribution in [1.29, 1.82) is 0 Å². The summed E-state index contributed by atoms with van der Waals surface area (Å²) in [5.41, 5.74) is 2.87. The maximum Gasteiger partial charge on any atom is 0.122 e. The van der Waals surface area contributed by atoms with Crippen LogP contribution < -0.4 is 9.47 Å². The SMILES string of the molecule is CCOc1ccc(C(O)c2ccc3c(c2)CCO3)c(Br)c1. The average molecular weight is 349 g/mol. The van der Waals surface area contributed by atoms with Gasteiger partial charge in [0.1, 0.15) is 17.6 Å². The van der Waals surface area contributed by atoms with Crippen molar-refractivity contribution in [2.75, 3.05) is 13.2 Å². The van der Waals surface area contributed by atoms with E-state index in [0.29, 0.717) is 6.61 Å². The molecule has 0 amide bonds. The van der Waals surface area contributed by atoms with Crippen LogP contribution in [-0.2, 0) is 6.42 Å². The number of ether oxygens (including phenoxy) is 2. The van der Waals surface area contributed by atoms with E-state index in [4.69, 9.17) is 9.47 Å². The summed E-state index contributed by atoms with van der Waals surface area (Å²) in [6, 6.07) is 11.5. The van der Waals surface area contributed by atoms with E-state index in [1.165, 1.54) is 0 Å². The van der Waals surface area contributed by atoms with Gasteiger partial charge in [-0.15, -0.1) is 0 Å². The summed E-state index contributed by atoms with van der Waals surface area (Å²) >= 11 is 3.51. The molecule has 3 rings (SSSR count). The Bertz CT molecular complexity index is 654. The molecule has 0 radical (unpaired) electrons. The van der Waals surface area contributed by atoms with Gasteiger partial charge in [0.2, 0.25) is 0 Å². The second-order valence-electron chi connectivity index (χ2n) is 4.98. The third-order valence-electron chi connectivity index (χ3n) is 3.61. The van der Waals surface area contributed by atoms with Gasteiger partial charge in [-0.2, -0.15) is 0 Å². The molecular formula is C17H17BrO3. The van der Waals surface area contributed by atoms with Crippen LogP contribution in [0.5, 0.6) is 11.5 Å². The largest absolute Gasteiger partial charge is 0.494 e. The zero-order valence-electron chi connectivity index (χ0n) is 11.8. The number of benzene rings is 2. The molecule has 1 N–H and O–H groups in total. The minimum Gasteiger partial charge on any atom is -0.494 e. The highest BCUT2D eigenvalue weighted by atomic mass is 79.9. The van der Waals surface area contributed by atoms with Crippen LogP contribution >= 0.6 is 15.9 Å². The van der Waals surface area contributed by atoms with Gasteiger partial charge in [0.25, 0.3) is 0 Å². The first-order chi connectivity index (χ1) is 10.2. The van der Waals surface area contributed by atoms with Crippen molar-refractivity contribution in [2.45, 2.75) is 19.4 Å². The Kier molecular flexibility index (Phi) is 4.17. The van der Waals surface area contributed by atoms with Gasteiger partial charge >= 0.3 is 0 Å². The number of fused-ring (bicyclic) bond motifs is 1. The topological polar surface area (TPSA) is 38.7 Å². The molecule has 3 nitrogen and oxygen atoms in total. The molecular weight excluding hydrogens is 332 g/mol. The highest BCUT2D eigenvalue weighted by molar-refractivity contribution is 9.10.